The van der Waals surface area contributed by atoms with Gasteiger partial charge in [-0.25, -0.2) is 14.2 Å². The normalized spacial score (nSPS) is 16.2. The highest BCUT2D eigenvalue weighted by molar-refractivity contribution is 5.89. The van der Waals surface area contributed by atoms with E-state index in [9.17, 15) is 9.18 Å². The van der Waals surface area contributed by atoms with E-state index >= 15 is 0 Å². The number of carbonyl (C=O) groups is 1. The number of ether oxygens (including phenoxy) is 1. The monoisotopic (exact) mass is 382 g/mol. The predicted molar refractivity (Wildman–Crippen MR) is 101 cm³/mol. The average Bonchev–Trinajstić information content (AvgIpc) is 3.38. The molecule has 0 saturated carbocycles. The van der Waals surface area contributed by atoms with Gasteiger partial charge in [0.1, 0.15) is 5.82 Å². The molecule has 0 spiro atoms. The zero-order valence-corrected chi connectivity index (χ0v) is 15.3. The number of aromatic nitrogens is 2. The summed E-state index contributed by atoms with van der Waals surface area (Å²) in [6, 6.07) is 11.3. The molecule has 2 aromatic heterocycles. The number of likely N-dealkylation sites (tertiary alicyclic amines) is 1. The molecule has 1 aliphatic rings. The highest BCUT2D eigenvalue weighted by atomic mass is 19.1. The van der Waals surface area contributed by atoms with Gasteiger partial charge in [-0.3, -0.25) is 5.32 Å². The number of hydrogen-bond acceptors (Lipinski definition) is 5. The maximum Gasteiger partial charge on any atom is 0.323 e. The molecule has 1 fully saturated rings. The molecule has 3 aromatic rings. The molecule has 0 radical (unpaired) electrons. The number of nitrogens with one attached hydrogen (secondary N) is 1. The van der Waals surface area contributed by atoms with E-state index in [1.807, 2.05) is 12.1 Å². The fourth-order valence-electron chi connectivity index (χ4n) is 3.39. The number of nitrogens with zero attached hydrogens (tertiary/aromatic N) is 3. The van der Waals surface area contributed by atoms with Gasteiger partial charge in [-0.05, 0) is 24.6 Å². The molecular formula is C20H19FN4O3. The first-order valence-corrected chi connectivity index (χ1v) is 8.92. The zero-order valence-electron chi connectivity index (χ0n) is 15.3. The molecule has 3 heterocycles. The molecule has 2 amide bonds. The topological polar surface area (TPSA) is 80.5 Å². The summed E-state index contributed by atoms with van der Waals surface area (Å²) in [5.41, 5.74) is 1.28. The Morgan fingerprint density at radius 3 is 3.00 bits per heavy atom. The number of methoxy groups -OCH3 is 1. The van der Waals surface area contributed by atoms with Crippen LogP contribution in [-0.2, 0) is 0 Å². The number of pyridine rings is 1. The molecule has 1 aromatic carbocycles. The van der Waals surface area contributed by atoms with Crippen molar-refractivity contribution in [3.63, 3.8) is 0 Å². The highest BCUT2D eigenvalue weighted by Gasteiger charge is 2.30. The number of carbonyl (C=O) groups excluding carboxylic acids is 1. The van der Waals surface area contributed by atoms with E-state index < -0.39 is 5.82 Å². The standard InChI is InChI=1S/C20H19FN4O3/c1-27-19-14(6-4-9-22-19)13-8-10-25(12-13)20(26)23-18-11-17(28-24-18)15-5-2-3-7-16(15)21/h2-7,9,11,13H,8,10,12H2,1H3,(H,23,24,26). The van der Waals surface area contributed by atoms with E-state index in [1.54, 1.807) is 36.4 Å². The summed E-state index contributed by atoms with van der Waals surface area (Å²) >= 11 is 0. The molecule has 7 nitrogen and oxygen atoms in total. The van der Waals surface area contributed by atoms with Crippen LogP contribution in [0, 0.1) is 5.82 Å². The summed E-state index contributed by atoms with van der Waals surface area (Å²) < 4.78 is 24.3. The first-order chi connectivity index (χ1) is 13.7. The fraction of sp³-hybridized carbons (Fsp3) is 0.250. The largest absolute Gasteiger partial charge is 0.481 e. The lowest BCUT2D eigenvalue weighted by molar-refractivity contribution is 0.221. The summed E-state index contributed by atoms with van der Waals surface area (Å²) in [6.07, 6.45) is 2.49. The smallest absolute Gasteiger partial charge is 0.323 e. The summed E-state index contributed by atoms with van der Waals surface area (Å²) in [6.45, 7) is 1.15. The minimum Gasteiger partial charge on any atom is -0.481 e. The maximum absolute atomic E-state index is 13.9. The van der Waals surface area contributed by atoms with Gasteiger partial charge in [-0.15, -0.1) is 0 Å². The van der Waals surface area contributed by atoms with Crippen molar-refractivity contribution in [2.45, 2.75) is 12.3 Å². The Morgan fingerprint density at radius 2 is 2.18 bits per heavy atom. The van der Waals surface area contributed by atoms with Crippen LogP contribution in [0.15, 0.2) is 53.2 Å². The van der Waals surface area contributed by atoms with E-state index in [2.05, 4.69) is 15.5 Å². The number of halogens is 1. The van der Waals surface area contributed by atoms with Crippen LogP contribution >= 0.6 is 0 Å². The Balaban J connectivity index is 1.42. The number of amides is 2. The Kier molecular flexibility index (Phi) is 4.92. The molecule has 4 rings (SSSR count). The number of urea groups is 1. The van der Waals surface area contributed by atoms with Crippen LogP contribution in [0.1, 0.15) is 17.9 Å². The lowest BCUT2D eigenvalue weighted by Gasteiger charge is -2.17. The number of benzene rings is 1. The van der Waals surface area contributed by atoms with Crippen LogP contribution in [0.2, 0.25) is 0 Å². The van der Waals surface area contributed by atoms with Gasteiger partial charge in [0.15, 0.2) is 11.6 Å². The van der Waals surface area contributed by atoms with Gasteiger partial charge < -0.3 is 14.2 Å². The predicted octanol–water partition coefficient (Wildman–Crippen LogP) is 3.91. The van der Waals surface area contributed by atoms with E-state index in [0.29, 0.717) is 24.5 Å². The van der Waals surface area contributed by atoms with Crippen LogP contribution < -0.4 is 10.1 Å². The SMILES string of the molecule is COc1ncccc1C1CCN(C(=O)Nc2cc(-c3ccccc3F)on2)C1. The Morgan fingerprint density at radius 1 is 1.32 bits per heavy atom. The van der Waals surface area contributed by atoms with Crippen LogP contribution in [0.4, 0.5) is 15.0 Å². The maximum atomic E-state index is 13.9. The van der Waals surface area contributed by atoms with Crippen molar-refractivity contribution in [2.75, 3.05) is 25.5 Å². The highest BCUT2D eigenvalue weighted by Crippen LogP contribution is 2.32. The first-order valence-electron chi connectivity index (χ1n) is 8.92. The van der Waals surface area contributed by atoms with Gasteiger partial charge in [0.25, 0.3) is 0 Å². The second-order valence-corrected chi connectivity index (χ2v) is 6.52. The molecule has 1 saturated heterocycles. The lowest BCUT2D eigenvalue weighted by atomic mass is 10.00. The third-order valence-electron chi connectivity index (χ3n) is 4.79. The minimum atomic E-state index is -0.413. The minimum absolute atomic E-state index is 0.153. The van der Waals surface area contributed by atoms with Crippen LogP contribution in [0.5, 0.6) is 5.88 Å². The molecule has 1 atom stereocenters. The second kappa shape index (κ2) is 7.67. The van der Waals surface area contributed by atoms with Crippen molar-refractivity contribution in [2.24, 2.45) is 0 Å². The lowest BCUT2D eigenvalue weighted by Crippen LogP contribution is -2.32. The molecule has 1 N–H and O–H groups in total. The van der Waals surface area contributed by atoms with E-state index in [-0.39, 0.29) is 23.5 Å². The molecular weight excluding hydrogens is 363 g/mol. The summed E-state index contributed by atoms with van der Waals surface area (Å²) in [4.78, 5) is 18.5. The molecule has 0 bridgehead atoms. The van der Waals surface area contributed by atoms with Crippen LogP contribution in [0.25, 0.3) is 11.3 Å². The van der Waals surface area contributed by atoms with Crippen molar-refractivity contribution in [3.8, 4) is 17.2 Å². The van der Waals surface area contributed by atoms with E-state index in [4.69, 9.17) is 9.26 Å². The van der Waals surface area contributed by atoms with E-state index in [0.717, 1.165) is 12.0 Å². The number of rotatable bonds is 4. The first kappa shape index (κ1) is 18.0. The third kappa shape index (κ3) is 3.53. The molecule has 1 unspecified atom stereocenters. The van der Waals surface area contributed by atoms with Crippen molar-refractivity contribution in [1.82, 2.24) is 15.0 Å². The van der Waals surface area contributed by atoms with Gasteiger partial charge in [0.2, 0.25) is 5.88 Å². The second-order valence-electron chi connectivity index (χ2n) is 6.52. The molecule has 1 aliphatic heterocycles. The van der Waals surface area contributed by atoms with Gasteiger partial charge in [0, 0.05) is 36.8 Å². The van der Waals surface area contributed by atoms with Crippen molar-refractivity contribution < 1.29 is 18.4 Å². The van der Waals surface area contributed by atoms with Crippen LogP contribution in [-0.4, -0.2) is 41.3 Å². The average molecular weight is 382 g/mol. The van der Waals surface area contributed by atoms with Gasteiger partial charge >= 0.3 is 6.03 Å². The molecule has 28 heavy (non-hydrogen) atoms. The quantitative estimate of drug-likeness (QED) is 0.740. The van der Waals surface area contributed by atoms with Crippen molar-refractivity contribution in [3.05, 3.63) is 60.0 Å². The van der Waals surface area contributed by atoms with E-state index in [1.165, 1.54) is 12.1 Å². The Hall–Kier alpha value is -3.42. The molecule has 8 heteroatoms. The molecule has 144 valence electrons. The molecule has 0 aliphatic carbocycles. The Labute approximate surface area is 161 Å². The summed E-state index contributed by atoms with van der Waals surface area (Å²) in [5.74, 6) is 0.823. The zero-order chi connectivity index (χ0) is 19.5. The van der Waals surface area contributed by atoms with Crippen LogP contribution in [0.3, 0.4) is 0 Å². The fourth-order valence-corrected chi connectivity index (χ4v) is 3.39. The summed E-state index contributed by atoms with van der Waals surface area (Å²) in [5, 5.41) is 6.53. The third-order valence-corrected chi connectivity index (χ3v) is 4.79. The number of hydrogen-bond donors (Lipinski definition) is 1. The van der Waals surface area contributed by atoms with Crippen molar-refractivity contribution >= 4 is 11.8 Å². The summed E-state index contributed by atoms with van der Waals surface area (Å²) in [7, 11) is 1.59. The van der Waals surface area contributed by atoms with Gasteiger partial charge in [-0.2, -0.15) is 0 Å². The van der Waals surface area contributed by atoms with Gasteiger partial charge in [0.05, 0.1) is 12.7 Å². The van der Waals surface area contributed by atoms with Crippen molar-refractivity contribution in [1.29, 1.82) is 0 Å². The number of anilines is 1. The van der Waals surface area contributed by atoms with Gasteiger partial charge in [-0.1, -0.05) is 23.4 Å². The Bertz CT molecular complexity index is 991.